The van der Waals surface area contributed by atoms with Crippen LogP contribution in [-0.4, -0.2) is 21.7 Å². The summed E-state index contributed by atoms with van der Waals surface area (Å²) in [6.07, 6.45) is 1.01. The molecule has 17 heavy (non-hydrogen) atoms. The lowest BCUT2D eigenvalue weighted by Crippen LogP contribution is -2.34. The SMILES string of the molecule is CCn1nc(C)cc1CNC(CCCl)C(C)C. The maximum atomic E-state index is 5.83. The third-order valence-corrected chi connectivity index (χ3v) is 3.27. The van der Waals surface area contributed by atoms with Gasteiger partial charge in [0.15, 0.2) is 0 Å². The van der Waals surface area contributed by atoms with Crippen molar-refractivity contribution in [1.29, 1.82) is 0 Å². The van der Waals surface area contributed by atoms with Crippen LogP contribution in [0.1, 0.15) is 38.6 Å². The first kappa shape index (κ1) is 14.5. The van der Waals surface area contributed by atoms with Gasteiger partial charge in [-0.05, 0) is 32.3 Å². The zero-order chi connectivity index (χ0) is 12.8. The van der Waals surface area contributed by atoms with Crippen molar-refractivity contribution >= 4 is 11.6 Å². The second-order valence-electron chi connectivity index (χ2n) is 4.80. The van der Waals surface area contributed by atoms with Gasteiger partial charge in [-0.3, -0.25) is 4.68 Å². The van der Waals surface area contributed by atoms with Gasteiger partial charge in [-0.15, -0.1) is 11.6 Å². The highest BCUT2D eigenvalue weighted by Gasteiger charge is 2.13. The van der Waals surface area contributed by atoms with Crippen LogP contribution in [0, 0.1) is 12.8 Å². The van der Waals surface area contributed by atoms with E-state index in [4.69, 9.17) is 11.6 Å². The molecule has 1 rings (SSSR count). The largest absolute Gasteiger partial charge is 0.308 e. The number of halogens is 1. The Kier molecular flexibility index (Phi) is 6.00. The molecule has 1 N–H and O–H groups in total. The van der Waals surface area contributed by atoms with E-state index in [-0.39, 0.29) is 0 Å². The number of rotatable bonds is 7. The standard InChI is InChI=1S/C13H24ClN3/c1-5-17-12(8-11(4)16-17)9-15-13(6-7-14)10(2)3/h8,10,13,15H,5-7,9H2,1-4H3. The Morgan fingerprint density at radius 2 is 2.18 bits per heavy atom. The molecule has 1 aromatic heterocycles. The van der Waals surface area contributed by atoms with Gasteiger partial charge in [0.2, 0.25) is 0 Å². The van der Waals surface area contributed by atoms with E-state index in [1.54, 1.807) is 0 Å². The molecule has 0 aliphatic heterocycles. The molecule has 0 aliphatic rings. The van der Waals surface area contributed by atoms with E-state index >= 15 is 0 Å². The number of nitrogens with zero attached hydrogens (tertiary/aromatic N) is 2. The second kappa shape index (κ2) is 7.02. The van der Waals surface area contributed by atoms with Crippen LogP contribution < -0.4 is 5.32 Å². The average Bonchev–Trinajstić information content (AvgIpc) is 2.64. The molecule has 0 saturated heterocycles. The van der Waals surface area contributed by atoms with E-state index in [0.717, 1.165) is 25.2 Å². The van der Waals surface area contributed by atoms with Gasteiger partial charge in [0.05, 0.1) is 11.4 Å². The third kappa shape index (κ3) is 4.32. The molecule has 1 heterocycles. The molecule has 98 valence electrons. The van der Waals surface area contributed by atoms with Gasteiger partial charge in [0, 0.05) is 25.0 Å². The van der Waals surface area contributed by atoms with Gasteiger partial charge < -0.3 is 5.32 Å². The van der Waals surface area contributed by atoms with E-state index in [0.29, 0.717) is 17.8 Å². The Hall–Kier alpha value is -0.540. The molecule has 0 saturated carbocycles. The normalized spacial score (nSPS) is 13.3. The molecule has 0 aliphatic carbocycles. The van der Waals surface area contributed by atoms with Crippen LogP contribution in [0.3, 0.4) is 0 Å². The zero-order valence-electron chi connectivity index (χ0n) is 11.3. The molecule has 0 amide bonds. The number of nitrogens with one attached hydrogen (secondary N) is 1. The van der Waals surface area contributed by atoms with E-state index in [9.17, 15) is 0 Å². The molecule has 1 atom stereocenters. The van der Waals surface area contributed by atoms with Crippen LogP contribution in [0.15, 0.2) is 6.07 Å². The van der Waals surface area contributed by atoms with Crippen molar-refractivity contribution in [2.24, 2.45) is 5.92 Å². The fourth-order valence-electron chi connectivity index (χ4n) is 2.04. The van der Waals surface area contributed by atoms with Gasteiger partial charge in [0.25, 0.3) is 0 Å². The number of hydrogen-bond donors (Lipinski definition) is 1. The fraction of sp³-hybridized carbons (Fsp3) is 0.769. The van der Waals surface area contributed by atoms with E-state index < -0.39 is 0 Å². The molecule has 4 heteroatoms. The topological polar surface area (TPSA) is 29.9 Å². The Balaban J connectivity index is 2.58. The lowest BCUT2D eigenvalue weighted by molar-refractivity contribution is 0.382. The monoisotopic (exact) mass is 257 g/mol. The molecule has 0 radical (unpaired) electrons. The summed E-state index contributed by atoms with van der Waals surface area (Å²) in [5, 5.41) is 8.03. The summed E-state index contributed by atoms with van der Waals surface area (Å²) in [7, 11) is 0. The molecule has 1 aromatic rings. The Morgan fingerprint density at radius 3 is 2.71 bits per heavy atom. The summed E-state index contributed by atoms with van der Waals surface area (Å²) in [6, 6.07) is 2.63. The third-order valence-electron chi connectivity index (χ3n) is 3.06. The zero-order valence-corrected chi connectivity index (χ0v) is 12.1. The summed E-state index contributed by atoms with van der Waals surface area (Å²) >= 11 is 5.83. The molecule has 0 fully saturated rings. The van der Waals surface area contributed by atoms with E-state index in [1.807, 2.05) is 6.92 Å². The first-order valence-corrected chi connectivity index (χ1v) is 6.94. The molecular formula is C13H24ClN3. The summed E-state index contributed by atoms with van der Waals surface area (Å²) < 4.78 is 2.06. The van der Waals surface area contributed by atoms with Crippen LogP contribution in [0.25, 0.3) is 0 Å². The van der Waals surface area contributed by atoms with Crippen LogP contribution in [0.5, 0.6) is 0 Å². The molecule has 3 nitrogen and oxygen atoms in total. The predicted octanol–water partition coefficient (Wildman–Crippen LogP) is 2.95. The first-order chi connectivity index (χ1) is 8.08. The number of alkyl halides is 1. The van der Waals surface area contributed by atoms with Crippen molar-refractivity contribution in [3.63, 3.8) is 0 Å². The highest BCUT2D eigenvalue weighted by atomic mass is 35.5. The molecule has 1 unspecified atom stereocenters. The van der Waals surface area contributed by atoms with Gasteiger partial charge in [0.1, 0.15) is 0 Å². The van der Waals surface area contributed by atoms with Gasteiger partial charge in [-0.25, -0.2) is 0 Å². The predicted molar refractivity (Wildman–Crippen MR) is 73.4 cm³/mol. The van der Waals surface area contributed by atoms with Gasteiger partial charge >= 0.3 is 0 Å². The number of hydrogen-bond acceptors (Lipinski definition) is 2. The highest BCUT2D eigenvalue weighted by Crippen LogP contribution is 2.10. The van der Waals surface area contributed by atoms with E-state index in [2.05, 4.69) is 41.9 Å². The number of aryl methyl sites for hydroxylation is 2. The highest BCUT2D eigenvalue weighted by molar-refractivity contribution is 6.17. The van der Waals surface area contributed by atoms with Crippen molar-refractivity contribution in [1.82, 2.24) is 15.1 Å². The fourth-order valence-corrected chi connectivity index (χ4v) is 2.27. The van der Waals surface area contributed by atoms with Crippen molar-refractivity contribution in [2.75, 3.05) is 5.88 Å². The average molecular weight is 258 g/mol. The Bertz CT molecular complexity index is 333. The summed E-state index contributed by atoms with van der Waals surface area (Å²) in [5.74, 6) is 1.31. The van der Waals surface area contributed by atoms with Crippen molar-refractivity contribution < 1.29 is 0 Å². The first-order valence-electron chi connectivity index (χ1n) is 6.41. The number of aromatic nitrogens is 2. The molecule has 0 bridgehead atoms. The minimum absolute atomic E-state index is 0.480. The van der Waals surface area contributed by atoms with Crippen molar-refractivity contribution in [3.8, 4) is 0 Å². The smallest absolute Gasteiger partial charge is 0.0597 e. The lowest BCUT2D eigenvalue weighted by atomic mass is 10.0. The van der Waals surface area contributed by atoms with Crippen LogP contribution in [0.4, 0.5) is 0 Å². The quantitative estimate of drug-likeness (QED) is 0.762. The van der Waals surface area contributed by atoms with Crippen molar-refractivity contribution in [2.45, 2.75) is 53.2 Å². The molecule has 0 spiro atoms. The van der Waals surface area contributed by atoms with Gasteiger partial charge in [-0.2, -0.15) is 5.10 Å². The minimum Gasteiger partial charge on any atom is -0.308 e. The second-order valence-corrected chi connectivity index (χ2v) is 5.18. The maximum Gasteiger partial charge on any atom is 0.0597 e. The molecular weight excluding hydrogens is 234 g/mol. The Labute approximate surface area is 110 Å². The summed E-state index contributed by atoms with van der Waals surface area (Å²) in [4.78, 5) is 0. The van der Waals surface area contributed by atoms with E-state index in [1.165, 1.54) is 5.69 Å². The summed E-state index contributed by atoms with van der Waals surface area (Å²) in [6.45, 7) is 10.4. The van der Waals surface area contributed by atoms with Gasteiger partial charge in [-0.1, -0.05) is 13.8 Å². The van der Waals surface area contributed by atoms with Crippen LogP contribution in [-0.2, 0) is 13.1 Å². The lowest BCUT2D eigenvalue weighted by Gasteiger charge is -2.21. The van der Waals surface area contributed by atoms with Crippen LogP contribution >= 0.6 is 11.6 Å². The Morgan fingerprint density at radius 1 is 1.47 bits per heavy atom. The minimum atomic E-state index is 0.480. The van der Waals surface area contributed by atoms with Crippen LogP contribution in [0.2, 0.25) is 0 Å². The maximum absolute atomic E-state index is 5.83. The summed E-state index contributed by atoms with van der Waals surface area (Å²) in [5.41, 5.74) is 2.34. The van der Waals surface area contributed by atoms with Crippen molar-refractivity contribution in [3.05, 3.63) is 17.5 Å². The molecule has 0 aromatic carbocycles.